The van der Waals surface area contributed by atoms with Crippen molar-refractivity contribution in [3.8, 4) is 0 Å². The first kappa shape index (κ1) is 14.0. The van der Waals surface area contributed by atoms with Crippen molar-refractivity contribution in [3.63, 3.8) is 0 Å². The first-order valence-corrected chi connectivity index (χ1v) is 8.07. The molecule has 1 aliphatic rings. The van der Waals surface area contributed by atoms with Gasteiger partial charge < -0.3 is 5.32 Å². The normalized spacial score (nSPS) is 20.8. The lowest BCUT2D eigenvalue weighted by Gasteiger charge is -2.35. The monoisotopic (exact) mass is 266 g/mol. The summed E-state index contributed by atoms with van der Waals surface area (Å²) < 4.78 is 0. The van der Waals surface area contributed by atoms with Crippen molar-refractivity contribution in [1.29, 1.82) is 0 Å². The number of nitrogens with zero attached hydrogens (tertiary/aromatic N) is 1. The van der Waals surface area contributed by atoms with Crippen LogP contribution in [0.4, 0.5) is 0 Å². The Morgan fingerprint density at radius 3 is 2.78 bits per heavy atom. The van der Waals surface area contributed by atoms with Crippen molar-refractivity contribution >= 4 is 11.3 Å². The van der Waals surface area contributed by atoms with Gasteiger partial charge in [0.1, 0.15) is 0 Å². The SMILES string of the molecule is CCC1(CC)CN(Cc2sccc2C)CCCN1. The molecule has 2 nitrogen and oxygen atoms in total. The molecule has 0 spiro atoms. The fourth-order valence-corrected chi connectivity index (χ4v) is 3.79. The average molecular weight is 266 g/mol. The summed E-state index contributed by atoms with van der Waals surface area (Å²) in [5, 5.41) is 6.00. The summed E-state index contributed by atoms with van der Waals surface area (Å²) in [5.41, 5.74) is 1.79. The lowest BCUT2D eigenvalue weighted by atomic mass is 9.92. The van der Waals surface area contributed by atoms with Gasteiger partial charge in [-0.15, -0.1) is 11.3 Å². The predicted molar refractivity (Wildman–Crippen MR) is 80.3 cm³/mol. The van der Waals surface area contributed by atoms with Crippen LogP contribution in [0, 0.1) is 6.92 Å². The quantitative estimate of drug-likeness (QED) is 0.898. The average Bonchev–Trinajstić information content (AvgIpc) is 2.67. The third kappa shape index (κ3) is 3.14. The Balaban J connectivity index is 2.05. The standard InChI is InChI=1S/C15H26N2S/c1-4-15(5-2)12-17(9-6-8-16-15)11-14-13(3)7-10-18-14/h7,10,16H,4-6,8-9,11-12H2,1-3H3. The highest BCUT2D eigenvalue weighted by atomic mass is 32.1. The van der Waals surface area contributed by atoms with Crippen LogP contribution in [0.25, 0.3) is 0 Å². The summed E-state index contributed by atoms with van der Waals surface area (Å²) in [6, 6.07) is 2.24. The zero-order chi connectivity index (χ0) is 13.0. The van der Waals surface area contributed by atoms with E-state index in [9.17, 15) is 0 Å². The second kappa shape index (κ2) is 6.18. The van der Waals surface area contributed by atoms with Crippen LogP contribution in [0.3, 0.4) is 0 Å². The largest absolute Gasteiger partial charge is 0.310 e. The van der Waals surface area contributed by atoms with Gasteiger partial charge in [0.05, 0.1) is 0 Å². The van der Waals surface area contributed by atoms with Gasteiger partial charge in [0.2, 0.25) is 0 Å². The van der Waals surface area contributed by atoms with Crippen LogP contribution in [-0.2, 0) is 6.54 Å². The van der Waals surface area contributed by atoms with Gasteiger partial charge in [0.25, 0.3) is 0 Å². The fourth-order valence-electron chi connectivity index (χ4n) is 2.85. The van der Waals surface area contributed by atoms with Crippen molar-refractivity contribution in [2.45, 2.75) is 52.1 Å². The van der Waals surface area contributed by atoms with Crippen molar-refractivity contribution in [2.75, 3.05) is 19.6 Å². The maximum Gasteiger partial charge on any atom is 0.0331 e. The van der Waals surface area contributed by atoms with Gasteiger partial charge in [-0.3, -0.25) is 4.90 Å². The summed E-state index contributed by atoms with van der Waals surface area (Å²) >= 11 is 1.90. The summed E-state index contributed by atoms with van der Waals surface area (Å²) in [6.07, 6.45) is 3.72. The van der Waals surface area contributed by atoms with Gasteiger partial charge in [-0.1, -0.05) is 13.8 Å². The van der Waals surface area contributed by atoms with E-state index in [0.29, 0.717) is 5.54 Å². The Labute approximate surface area is 115 Å². The lowest BCUT2D eigenvalue weighted by molar-refractivity contribution is 0.192. The van der Waals surface area contributed by atoms with E-state index in [2.05, 4.69) is 42.4 Å². The van der Waals surface area contributed by atoms with Gasteiger partial charge in [0, 0.05) is 23.5 Å². The van der Waals surface area contributed by atoms with Crippen LogP contribution < -0.4 is 5.32 Å². The Kier molecular flexibility index (Phi) is 4.82. The van der Waals surface area contributed by atoms with Gasteiger partial charge >= 0.3 is 0 Å². The molecule has 2 rings (SSSR count). The summed E-state index contributed by atoms with van der Waals surface area (Å²) in [6.45, 7) is 11.6. The third-order valence-corrected chi connectivity index (χ3v) is 5.37. The van der Waals surface area contributed by atoms with Crippen molar-refractivity contribution in [1.82, 2.24) is 10.2 Å². The summed E-state index contributed by atoms with van der Waals surface area (Å²) in [5.74, 6) is 0. The molecule has 0 aliphatic carbocycles. The van der Waals surface area contributed by atoms with E-state index >= 15 is 0 Å². The van der Waals surface area contributed by atoms with Crippen LogP contribution in [0.2, 0.25) is 0 Å². The number of nitrogens with one attached hydrogen (secondary N) is 1. The number of aryl methyl sites for hydroxylation is 1. The maximum absolute atomic E-state index is 3.78. The molecule has 3 heteroatoms. The van der Waals surface area contributed by atoms with E-state index < -0.39 is 0 Å². The van der Waals surface area contributed by atoms with Gasteiger partial charge in [-0.05, 0) is 56.3 Å². The van der Waals surface area contributed by atoms with Crippen molar-refractivity contribution in [3.05, 3.63) is 21.9 Å². The van der Waals surface area contributed by atoms with Crippen LogP contribution in [-0.4, -0.2) is 30.1 Å². The van der Waals surface area contributed by atoms with Gasteiger partial charge in [-0.2, -0.15) is 0 Å². The molecule has 102 valence electrons. The molecule has 0 bridgehead atoms. The minimum absolute atomic E-state index is 0.335. The molecule has 0 aromatic carbocycles. The maximum atomic E-state index is 3.78. The number of hydrogen-bond acceptors (Lipinski definition) is 3. The molecular formula is C15H26N2S. The van der Waals surface area contributed by atoms with E-state index in [1.165, 1.54) is 49.3 Å². The molecule has 0 amide bonds. The minimum Gasteiger partial charge on any atom is -0.310 e. The van der Waals surface area contributed by atoms with E-state index in [4.69, 9.17) is 0 Å². The molecule has 0 unspecified atom stereocenters. The molecule has 1 aromatic heterocycles. The van der Waals surface area contributed by atoms with E-state index in [-0.39, 0.29) is 0 Å². The third-order valence-electron chi connectivity index (χ3n) is 4.37. The Morgan fingerprint density at radius 2 is 2.17 bits per heavy atom. The molecule has 1 saturated heterocycles. The molecular weight excluding hydrogens is 240 g/mol. The van der Waals surface area contributed by atoms with Crippen molar-refractivity contribution in [2.24, 2.45) is 0 Å². The highest BCUT2D eigenvalue weighted by molar-refractivity contribution is 7.10. The fraction of sp³-hybridized carbons (Fsp3) is 0.733. The Hall–Kier alpha value is -0.380. The molecule has 1 fully saturated rings. The van der Waals surface area contributed by atoms with Gasteiger partial charge in [-0.25, -0.2) is 0 Å². The zero-order valence-electron chi connectivity index (χ0n) is 12.0. The highest BCUT2D eigenvalue weighted by Crippen LogP contribution is 2.23. The first-order valence-electron chi connectivity index (χ1n) is 7.19. The predicted octanol–water partition coefficient (Wildman–Crippen LogP) is 3.41. The van der Waals surface area contributed by atoms with E-state index in [1.54, 1.807) is 0 Å². The molecule has 2 heterocycles. The molecule has 1 N–H and O–H groups in total. The van der Waals surface area contributed by atoms with Crippen molar-refractivity contribution < 1.29 is 0 Å². The van der Waals surface area contributed by atoms with Crippen LogP contribution in [0.15, 0.2) is 11.4 Å². The van der Waals surface area contributed by atoms with E-state index in [1.807, 2.05) is 11.3 Å². The molecule has 0 saturated carbocycles. The molecule has 1 aromatic rings. The first-order chi connectivity index (χ1) is 8.69. The molecule has 0 atom stereocenters. The number of rotatable bonds is 4. The molecule has 18 heavy (non-hydrogen) atoms. The minimum atomic E-state index is 0.335. The lowest BCUT2D eigenvalue weighted by Crippen LogP contribution is -2.50. The van der Waals surface area contributed by atoms with E-state index in [0.717, 1.165) is 6.54 Å². The topological polar surface area (TPSA) is 15.3 Å². The highest BCUT2D eigenvalue weighted by Gasteiger charge is 2.30. The summed E-state index contributed by atoms with van der Waals surface area (Å²) in [4.78, 5) is 4.18. The van der Waals surface area contributed by atoms with Crippen LogP contribution >= 0.6 is 11.3 Å². The Morgan fingerprint density at radius 1 is 1.39 bits per heavy atom. The second-order valence-corrected chi connectivity index (χ2v) is 6.51. The van der Waals surface area contributed by atoms with Gasteiger partial charge in [0.15, 0.2) is 0 Å². The van der Waals surface area contributed by atoms with Crippen LogP contribution in [0.1, 0.15) is 43.6 Å². The second-order valence-electron chi connectivity index (χ2n) is 5.51. The summed E-state index contributed by atoms with van der Waals surface area (Å²) in [7, 11) is 0. The van der Waals surface area contributed by atoms with Crippen LogP contribution in [0.5, 0.6) is 0 Å². The molecule has 0 radical (unpaired) electrons. The molecule has 1 aliphatic heterocycles. The number of hydrogen-bond donors (Lipinski definition) is 1. The Bertz CT molecular complexity index is 368. The number of thiophene rings is 1. The smallest absolute Gasteiger partial charge is 0.0331 e. The zero-order valence-corrected chi connectivity index (χ0v) is 12.8.